The molecule has 10 heteroatoms. The van der Waals surface area contributed by atoms with Gasteiger partial charge in [0, 0.05) is 39.8 Å². The highest BCUT2D eigenvalue weighted by molar-refractivity contribution is 14.0. The van der Waals surface area contributed by atoms with Crippen molar-refractivity contribution in [2.75, 3.05) is 45.9 Å². The van der Waals surface area contributed by atoms with Crippen molar-refractivity contribution in [1.82, 2.24) is 30.3 Å². The minimum absolute atomic E-state index is 0. The van der Waals surface area contributed by atoms with Crippen LogP contribution in [-0.2, 0) is 24.8 Å². The number of rotatable bonds is 8. The molecule has 1 saturated heterocycles. The van der Waals surface area contributed by atoms with Gasteiger partial charge in [0.1, 0.15) is 18.2 Å². The van der Waals surface area contributed by atoms with Crippen molar-refractivity contribution in [3.63, 3.8) is 0 Å². The first kappa shape index (κ1) is 25.5. The zero-order valence-electron chi connectivity index (χ0n) is 18.5. The second-order valence-corrected chi connectivity index (χ2v) is 7.52. The van der Waals surface area contributed by atoms with Crippen LogP contribution in [0.4, 0.5) is 4.39 Å². The highest BCUT2D eigenvalue weighted by Crippen LogP contribution is 2.10. The minimum Gasteiger partial charge on any atom is -0.379 e. The number of morpholine rings is 1. The Morgan fingerprint density at radius 3 is 2.58 bits per heavy atom. The molecule has 8 nitrogen and oxygen atoms in total. The van der Waals surface area contributed by atoms with Gasteiger partial charge in [-0.15, -0.1) is 34.2 Å². The number of hydrogen-bond donors (Lipinski definition) is 2. The summed E-state index contributed by atoms with van der Waals surface area (Å²) in [4.78, 5) is 7.06. The average Bonchev–Trinajstić information content (AvgIpc) is 3.06. The molecule has 0 unspecified atom stereocenters. The first-order valence-electron chi connectivity index (χ1n) is 10.4. The lowest BCUT2D eigenvalue weighted by atomic mass is 10.1. The Bertz CT molecular complexity index is 852. The van der Waals surface area contributed by atoms with Crippen LogP contribution in [0.1, 0.15) is 22.8 Å². The number of nitrogens with one attached hydrogen (secondary N) is 2. The van der Waals surface area contributed by atoms with E-state index in [9.17, 15) is 4.39 Å². The first-order valence-corrected chi connectivity index (χ1v) is 10.4. The Morgan fingerprint density at radius 2 is 1.90 bits per heavy atom. The summed E-state index contributed by atoms with van der Waals surface area (Å²) in [6.07, 6.45) is 0.791. The Balaban J connectivity index is 0.00000341. The van der Waals surface area contributed by atoms with Gasteiger partial charge in [0.25, 0.3) is 0 Å². The number of aliphatic imine (C=N–C) groups is 1. The molecule has 0 spiro atoms. The third kappa shape index (κ3) is 8.00. The fourth-order valence-corrected chi connectivity index (χ4v) is 3.33. The fraction of sp³-hybridized carbons (Fsp3) is 0.571. The normalized spacial score (nSPS) is 14.9. The van der Waals surface area contributed by atoms with Crippen LogP contribution >= 0.6 is 24.0 Å². The highest BCUT2D eigenvalue weighted by atomic mass is 127. The van der Waals surface area contributed by atoms with Gasteiger partial charge in [0.2, 0.25) is 0 Å². The number of benzene rings is 1. The van der Waals surface area contributed by atoms with E-state index in [1.807, 2.05) is 31.5 Å². The summed E-state index contributed by atoms with van der Waals surface area (Å²) < 4.78 is 20.7. The fourth-order valence-electron chi connectivity index (χ4n) is 3.33. The van der Waals surface area contributed by atoms with Crippen LogP contribution in [0.5, 0.6) is 0 Å². The second kappa shape index (κ2) is 12.9. The van der Waals surface area contributed by atoms with Crippen LogP contribution < -0.4 is 10.6 Å². The van der Waals surface area contributed by atoms with Crippen molar-refractivity contribution in [2.45, 2.75) is 26.8 Å². The summed E-state index contributed by atoms with van der Waals surface area (Å²) in [6.45, 7) is 10.2. The van der Waals surface area contributed by atoms with Gasteiger partial charge < -0.3 is 19.9 Å². The van der Waals surface area contributed by atoms with E-state index >= 15 is 0 Å². The number of halogens is 2. The maximum Gasteiger partial charge on any atom is 0.191 e. The van der Waals surface area contributed by atoms with E-state index in [1.165, 1.54) is 6.07 Å². The topological polar surface area (TPSA) is 79.6 Å². The molecule has 0 aliphatic carbocycles. The Hall–Kier alpha value is -1.79. The van der Waals surface area contributed by atoms with E-state index in [0.717, 1.165) is 74.5 Å². The molecule has 0 amide bonds. The molecule has 1 aromatic carbocycles. The van der Waals surface area contributed by atoms with Crippen molar-refractivity contribution in [2.24, 2.45) is 12.0 Å². The van der Waals surface area contributed by atoms with Gasteiger partial charge in [0.05, 0.1) is 13.2 Å². The van der Waals surface area contributed by atoms with Crippen LogP contribution in [0.2, 0.25) is 0 Å². The summed E-state index contributed by atoms with van der Waals surface area (Å²) >= 11 is 0. The summed E-state index contributed by atoms with van der Waals surface area (Å²) in [5, 5.41) is 15.1. The lowest BCUT2D eigenvalue weighted by molar-refractivity contribution is 0.0389. The number of hydrogen-bond acceptors (Lipinski definition) is 5. The van der Waals surface area contributed by atoms with Crippen molar-refractivity contribution >= 4 is 29.9 Å². The lowest BCUT2D eigenvalue weighted by Crippen LogP contribution is -2.44. The molecule has 1 aliphatic rings. The predicted octanol–water partition coefficient (Wildman–Crippen LogP) is 1.80. The van der Waals surface area contributed by atoms with Crippen molar-refractivity contribution in [3.8, 4) is 0 Å². The van der Waals surface area contributed by atoms with E-state index in [1.54, 1.807) is 6.07 Å². The maximum atomic E-state index is 13.3. The maximum absolute atomic E-state index is 13.3. The van der Waals surface area contributed by atoms with Crippen molar-refractivity contribution in [3.05, 3.63) is 46.8 Å². The second-order valence-electron chi connectivity index (χ2n) is 7.52. The third-order valence-electron chi connectivity index (χ3n) is 5.38. The summed E-state index contributed by atoms with van der Waals surface area (Å²) in [6, 6.07) is 4.92. The Kier molecular flexibility index (Phi) is 10.6. The standard InChI is InChI=1S/C21H32FN7O.HI/c1-16-14-19(22)5-4-18(16)6-7-23-21(24-8-9-29-10-12-30-13-11-29)25-15-20-27-26-17(2)28(20)3;/h4-5,14H,6-13,15H2,1-3H3,(H2,23,24,25);1H. The summed E-state index contributed by atoms with van der Waals surface area (Å²) in [7, 11) is 1.94. The molecular weight excluding hydrogens is 512 g/mol. The summed E-state index contributed by atoms with van der Waals surface area (Å²) in [5.74, 6) is 2.22. The monoisotopic (exact) mass is 545 g/mol. The zero-order valence-corrected chi connectivity index (χ0v) is 20.9. The van der Waals surface area contributed by atoms with Crippen LogP contribution in [-0.4, -0.2) is 71.6 Å². The van der Waals surface area contributed by atoms with Gasteiger partial charge in [-0.1, -0.05) is 6.07 Å². The molecule has 31 heavy (non-hydrogen) atoms. The van der Waals surface area contributed by atoms with E-state index in [-0.39, 0.29) is 29.8 Å². The average molecular weight is 545 g/mol. The molecule has 0 radical (unpaired) electrons. The Morgan fingerprint density at radius 1 is 1.16 bits per heavy atom. The molecule has 0 saturated carbocycles. The predicted molar refractivity (Wildman–Crippen MR) is 130 cm³/mol. The molecule has 2 aromatic rings. The molecule has 2 heterocycles. The van der Waals surface area contributed by atoms with Gasteiger partial charge in [0.15, 0.2) is 11.8 Å². The van der Waals surface area contributed by atoms with Gasteiger partial charge in [-0.2, -0.15) is 0 Å². The Labute approximate surface area is 200 Å². The molecule has 0 atom stereocenters. The van der Waals surface area contributed by atoms with Crippen LogP contribution in [0.15, 0.2) is 23.2 Å². The summed E-state index contributed by atoms with van der Waals surface area (Å²) in [5.41, 5.74) is 2.09. The van der Waals surface area contributed by atoms with Crippen LogP contribution in [0.3, 0.4) is 0 Å². The number of aryl methyl sites for hydroxylation is 2. The molecular formula is C21H33FIN7O. The first-order chi connectivity index (χ1) is 14.5. The van der Waals surface area contributed by atoms with Gasteiger partial charge in [-0.25, -0.2) is 9.38 Å². The van der Waals surface area contributed by atoms with E-state index < -0.39 is 0 Å². The molecule has 1 aliphatic heterocycles. The molecule has 1 aromatic heterocycles. The SMILES string of the molecule is Cc1cc(F)ccc1CCNC(=NCc1nnc(C)n1C)NCCN1CCOCC1.I. The molecule has 0 bridgehead atoms. The number of ether oxygens (including phenoxy) is 1. The van der Waals surface area contributed by atoms with Crippen LogP contribution in [0.25, 0.3) is 0 Å². The largest absolute Gasteiger partial charge is 0.379 e. The van der Waals surface area contributed by atoms with Crippen molar-refractivity contribution in [1.29, 1.82) is 0 Å². The molecule has 2 N–H and O–H groups in total. The van der Waals surface area contributed by atoms with Crippen molar-refractivity contribution < 1.29 is 9.13 Å². The van der Waals surface area contributed by atoms with E-state index in [0.29, 0.717) is 13.1 Å². The minimum atomic E-state index is -0.199. The molecule has 172 valence electrons. The quantitative estimate of drug-likeness (QED) is 0.299. The van der Waals surface area contributed by atoms with Crippen LogP contribution in [0, 0.1) is 19.7 Å². The molecule has 1 fully saturated rings. The van der Waals surface area contributed by atoms with E-state index in [2.05, 4.69) is 30.7 Å². The third-order valence-corrected chi connectivity index (χ3v) is 5.38. The highest BCUT2D eigenvalue weighted by Gasteiger charge is 2.10. The lowest BCUT2D eigenvalue weighted by Gasteiger charge is -2.26. The molecule has 3 rings (SSSR count). The number of aromatic nitrogens is 3. The zero-order chi connectivity index (χ0) is 21.3. The number of nitrogens with zero attached hydrogens (tertiary/aromatic N) is 5. The smallest absolute Gasteiger partial charge is 0.191 e. The van der Waals surface area contributed by atoms with Gasteiger partial charge in [-0.05, 0) is 43.5 Å². The number of guanidine groups is 1. The van der Waals surface area contributed by atoms with Gasteiger partial charge >= 0.3 is 0 Å². The van der Waals surface area contributed by atoms with E-state index in [4.69, 9.17) is 4.74 Å². The van der Waals surface area contributed by atoms with Gasteiger partial charge in [-0.3, -0.25) is 4.90 Å².